The lowest BCUT2D eigenvalue weighted by Crippen LogP contribution is -2.33. The molecule has 20 heavy (non-hydrogen) atoms. The van der Waals surface area contributed by atoms with Crippen molar-refractivity contribution >= 4 is 17.3 Å². The first-order valence-corrected chi connectivity index (χ1v) is 7.08. The smallest absolute Gasteiger partial charge is 0.130 e. The van der Waals surface area contributed by atoms with E-state index in [9.17, 15) is 4.39 Å². The molecule has 0 aromatic heterocycles. The van der Waals surface area contributed by atoms with Gasteiger partial charge in [-0.05, 0) is 30.2 Å². The molecule has 0 saturated carbocycles. The van der Waals surface area contributed by atoms with Crippen LogP contribution in [0.3, 0.4) is 0 Å². The van der Waals surface area contributed by atoms with E-state index >= 15 is 0 Å². The number of fused-ring (bicyclic) bond motifs is 1. The molecule has 0 fully saturated rings. The van der Waals surface area contributed by atoms with Crippen LogP contribution in [0.4, 0.5) is 10.1 Å². The highest BCUT2D eigenvalue weighted by molar-refractivity contribution is 6.30. The van der Waals surface area contributed by atoms with E-state index in [2.05, 4.69) is 17.0 Å². The van der Waals surface area contributed by atoms with Gasteiger partial charge >= 0.3 is 0 Å². The summed E-state index contributed by atoms with van der Waals surface area (Å²) >= 11 is 5.82. The number of nitrogens with zero attached hydrogens (tertiary/aromatic N) is 1. The van der Waals surface area contributed by atoms with Gasteiger partial charge in [0.2, 0.25) is 0 Å². The van der Waals surface area contributed by atoms with E-state index in [0.717, 1.165) is 18.7 Å². The molecule has 0 bridgehead atoms. The average Bonchev–Trinajstić information content (AvgIpc) is 2.86. The van der Waals surface area contributed by atoms with Crippen molar-refractivity contribution in [2.75, 3.05) is 18.0 Å². The minimum atomic E-state index is -0.294. The maximum atomic E-state index is 14.2. The first-order valence-electron chi connectivity index (χ1n) is 6.70. The standard InChI is InChI=1S/C16H16ClFN2/c17-12-5-6-13(14(18)9-12)16(10-19)20-8-7-11-3-1-2-4-15(11)20/h1-6,9,16H,7-8,10,19H2. The Balaban J connectivity index is 1.99. The van der Waals surface area contributed by atoms with Crippen LogP contribution in [0.1, 0.15) is 17.2 Å². The van der Waals surface area contributed by atoms with Crippen LogP contribution in [0.2, 0.25) is 5.02 Å². The summed E-state index contributed by atoms with van der Waals surface area (Å²) in [4.78, 5) is 2.18. The minimum absolute atomic E-state index is 0.157. The Morgan fingerprint density at radius 3 is 2.80 bits per heavy atom. The molecule has 2 aromatic rings. The second kappa shape index (κ2) is 5.43. The largest absolute Gasteiger partial charge is 0.363 e. The molecule has 1 atom stereocenters. The zero-order valence-corrected chi connectivity index (χ0v) is 11.8. The highest BCUT2D eigenvalue weighted by atomic mass is 35.5. The Bertz CT molecular complexity index is 630. The fourth-order valence-corrected chi connectivity index (χ4v) is 3.04. The zero-order chi connectivity index (χ0) is 14.1. The number of nitrogens with two attached hydrogens (primary N) is 1. The van der Waals surface area contributed by atoms with Gasteiger partial charge in [-0.2, -0.15) is 0 Å². The summed E-state index contributed by atoms with van der Waals surface area (Å²) in [5, 5.41) is 0.406. The van der Waals surface area contributed by atoms with E-state index in [4.69, 9.17) is 17.3 Å². The van der Waals surface area contributed by atoms with Crippen molar-refractivity contribution in [3.05, 3.63) is 64.4 Å². The SMILES string of the molecule is NCC(c1ccc(Cl)cc1F)N1CCc2ccccc21. The van der Waals surface area contributed by atoms with Crippen LogP contribution in [0.5, 0.6) is 0 Å². The van der Waals surface area contributed by atoms with Crippen molar-refractivity contribution in [1.82, 2.24) is 0 Å². The zero-order valence-electron chi connectivity index (χ0n) is 11.0. The third-order valence-electron chi connectivity index (χ3n) is 3.84. The van der Waals surface area contributed by atoms with Gasteiger partial charge in [0.05, 0.1) is 6.04 Å². The second-order valence-electron chi connectivity index (χ2n) is 4.99. The molecule has 0 aliphatic carbocycles. The summed E-state index contributed by atoms with van der Waals surface area (Å²) in [6.45, 7) is 1.23. The van der Waals surface area contributed by atoms with Gasteiger partial charge in [-0.15, -0.1) is 0 Å². The molecule has 0 radical (unpaired) electrons. The van der Waals surface area contributed by atoms with Crippen LogP contribution < -0.4 is 10.6 Å². The third kappa shape index (κ3) is 2.28. The summed E-state index contributed by atoms with van der Waals surface area (Å²) in [5.41, 5.74) is 8.95. The molecule has 2 nitrogen and oxygen atoms in total. The number of hydrogen-bond donors (Lipinski definition) is 1. The van der Waals surface area contributed by atoms with Crippen molar-refractivity contribution in [3.63, 3.8) is 0 Å². The number of rotatable bonds is 3. The number of anilines is 1. The first kappa shape index (κ1) is 13.4. The highest BCUT2D eigenvalue weighted by Crippen LogP contribution is 2.35. The molecule has 3 rings (SSSR count). The van der Waals surface area contributed by atoms with Gasteiger partial charge in [0.25, 0.3) is 0 Å². The monoisotopic (exact) mass is 290 g/mol. The van der Waals surface area contributed by atoms with Crippen molar-refractivity contribution in [2.24, 2.45) is 5.73 Å². The van der Waals surface area contributed by atoms with Crippen LogP contribution in [0.15, 0.2) is 42.5 Å². The van der Waals surface area contributed by atoms with Crippen LogP contribution in [-0.2, 0) is 6.42 Å². The molecule has 1 heterocycles. The second-order valence-corrected chi connectivity index (χ2v) is 5.43. The van der Waals surface area contributed by atoms with Gasteiger partial charge in [0, 0.05) is 29.4 Å². The summed E-state index contributed by atoms with van der Waals surface area (Å²) in [7, 11) is 0. The predicted molar refractivity (Wildman–Crippen MR) is 80.7 cm³/mol. The van der Waals surface area contributed by atoms with E-state index < -0.39 is 0 Å². The summed E-state index contributed by atoms with van der Waals surface area (Å²) in [5.74, 6) is -0.294. The molecule has 0 spiro atoms. The molecular weight excluding hydrogens is 275 g/mol. The van der Waals surface area contributed by atoms with Gasteiger partial charge < -0.3 is 10.6 Å². The third-order valence-corrected chi connectivity index (χ3v) is 4.08. The molecule has 104 valence electrons. The minimum Gasteiger partial charge on any atom is -0.363 e. The Morgan fingerprint density at radius 1 is 1.25 bits per heavy atom. The Morgan fingerprint density at radius 2 is 2.05 bits per heavy atom. The van der Waals surface area contributed by atoms with Crippen molar-refractivity contribution in [2.45, 2.75) is 12.5 Å². The molecule has 2 aromatic carbocycles. The van der Waals surface area contributed by atoms with Gasteiger partial charge in [-0.3, -0.25) is 0 Å². The summed E-state index contributed by atoms with van der Waals surface area (Å²) < 4.78 is 14.2. The molecule has 1 aliphatic heterocycles. The first-order chi connectivity index (χ1) is 9.70. The maximum absolute atomic E-state index is 14.2. The highest BCUT2D eigenvalue weighted by Gasteiger charge is 2.27. The topological polar surface area (TPSA) is 29.3 Å². The van der Waals surface area contributed by atoms with E-state index in [1.54, 1.807) is 12.1 Å². The van der Waals surface area contributed by atoms with E-state index in [0.29, 0.717) is 17.1 Å². The quantitative estimate of drug-likeness (QED) is 0.937. The Kier molecular flexibility index (Phi) is 3.64. The molecule has 0 amide bonds. The fourth-order valence-electron chi connectivity index (χ4n) is 2.88. The van der Waals surface area contributed by atoms with Crippen molar-refractivity contribution < 1.29 is 4.39 Å². The van der Waals surface area contributed by atoms with Gasteiger partial charge in [-0.1, -0.05) is 35.9 Å². The summed E-state index contributed by atoms with van der Waals surface area (Å²) in [6.07, 6.45) is 0.974. The van der Waals surface area contributed by atoms with Crippen molar-refractivity contribution in [1.29, 1.82) is 0 Å². The molecule has 2 N–H and O–H groups in total. The Hall–Kier alpha value is -1.58. The lowest BCUT2D eigenvalue weighted by atomic mass is 10.0. The molecule has 4 heteroatoms. The van der Waals surface area contributed by atoms with E-state index in [1.807, 2.05) is 12.1 Å². The normalized spacial score (nSPS) is 15.2. The lowest BCUT2D eigenvalue weighted by Gasteiger charge is -2.30. The Labute approximate surface area is 123 Å². The molecule has 0 saturated heterocycles. The average molecular weight is 291 g/mol. The number of para-hydroxylation sites is 1. The predicted octanol–water partition coefficient (Wildman–Crippen LogP) is 3.54. The van der Waals surface area contributed by atoms with Gasteiger partial charge in [-0.25, -0.2) is 4.39 Å². The van der Waals surface area contributed by atoms with Crippen LogP contribution in [0, 0.1) is 5.82 Å². The maximum Gasteiger partial charge on any atom is 0.130 e. The number of halogens is 2. The molecule has 1 aliphatic rings. The fraction of sp³-hybridized carbons (Fsp3) is 0.250. The molecular formula is C16H16ClFN2. The van der Waals surface area contributed by atoms with Crippen LogP contribution in [-0.4, -0.2) is 13.1 Å². The summed E-state index contributed by atoms with van der Waals surface area (Å²) in [6, 6.07) is 12.9. The van der Waals surface area contributed by atoms with Crippen LogP contribution >= 0.6 is 11.6 Å². The van der Waals surface area contributed by atoms with Crippen molar-refractivity contribution in [3.8, 4) is 0 Å². The van der Waals surface area contributed by atoms with Gasteiger partial charge in [0.1, 0.15) is 5.82 Å². The van der Waals surface area contributed by atoms with E-state index in [-0.39, 0.29) is 11.9 Å². The number of hydrogen-bond acceptors (Lipinski definition) is 2. The lowest BCUT2D eigenvalue weighted by molar-refractivity contribution is 0.564. The molecule has 1 unspecified atom stereocenters. The van der Waals surface area contributed by atoms with Gasteiger partial charge in [0.15, 0.2) is 0 Å². The number of benzene rings is 2. The van der Waals surface area contributed by atoms with Crippen LogP contribution in [0.25, 0.3) is 0 Å². The van der Waals surface area contributed by atoms with E-state index in [1.165, 1.54) is 11.6 Å².